The standard InChI is InChI=1S/C23H20N2O3/c1-15-9-10-17(12-16(15)2)24-22(26)14-25-13-19(18-6-3-4-7-20(18)25)23(27)21-8-5-11-28-21/h3-13H,14H2,1-2H3,(H,24,26). The number of benzene rings is 2. The topological polar surface area (TPSA) is 64.2 Å². The summed E-state index contributed by atoms with van der Waals surface area (Å²) in [4.78, 5) is 25.4. The number of amides is 1. The predicted octanol–water partition coefficient (Wildman–Crippen LogP) is 4.72. The Hall–Kier alpha value is -3.60. The van der Waals surface area contributed by atoms with E-state index in [1.54, 1.807) is 22.9 Å². The first-order valence-corrected chi connectivity index (χ1v) is 9.06. The Morgan fingerprint density at radius 1 is 1.00 bits per heavy atom. The van der Waals surface area contributed by atoms with E-state index in [0.29, 0.717) is 5.56 Å². The Morgan fingerprint density at radius 3 is 2.57 bits per heavy atom. The molecule has 5 nitrogen and oxygen atoms in total. The van der Waals surface area contributed by atoms with Gasteiger partial charge >= 0.3 is 0 Å². The lowest BCUT2D eigenvalue weighted by molar-refractivity contribution is -0.116. The fourth-order valence-corrected chi connectivity index (χ4v) is 3.27. The highest BCUT2D eigenvalue weighted by molar-refractivity contribution is 6.15. The second-order valence-electron chi connectivity index (χ2n) is 6.84. The molecule has 5 heteroatoms. The largest absolute Gasteiger partial charge is 0.461 e. The smallest absolute Gasteiger partial charge is 0.244 e. The molecule has 1 amide bonds. The van der Waals surface area contributed by atoms with Gasteiger partial charge in [-0.1, -0.05) is 24.3 Å². The monoisotopic (exact) mass is 372 g/mol. The molecule has 2 aromatic carbocycles. The van der Waals surface area contributed by atoms with Gasteiger partial charge in [-0.15, -0.1) is 0 Å². The molecule has 0 aliphatic rings. The van der Waals surface area contributed by atoms with Crippen LogP contribution in [0.1, 0.15) is 27.2 Å². The molecule has 28 heavy (non-hydrogen) atoms. The van der Waals surface area contributed by atoms with Crippen LogP contribution in [0.25, 0.3) is 10.9 Å². The van der Waals surface area contributed by atoms with Gasteiger partial charge in [0.2, 0.25) is 11.7 Å². The first kappa shape index (κ1) is 17.8. The van der Waals surface area contributed by atoms with Gasteiger partial charge in [0.05, 0.1) is 11.8 Å². The second kappa shape index (κ2) is 7.19. The summed E-state index contributed by atoms with van der Waals surface area (Å²) in [6, 6.07) is 16.7. The number of aromatic nitrogens is 1. The molecule has 0 radical (unpaired) electrons. The van der Waals surface area contributed by atoms with E-state index in [-0.39, 0.29) is 24.0 Å². The quantitative estimate of drug-likeness (QED) is 0.516. The van der Waals surface area contributed by atoms with Gasteiger partial charge in [0.15, 0.2) is 5.76 Å². The number of anilines is 1. The highest BCUT2D eigenvalue weighted by Crippen LogP contribution is 2.24. The number of carbonyl (C=O) groups is 2. The molecule has 4 rings (SSSR count). The molecule has 2 aromatic heterocycles. The molecule has 1 N–H and O–H groups in total. The molecular weight excluding hydrogens is 352 g/mol. The van der Waals surface area contributed by atoms with Crippen molar-refractivity contribution in [1.29, 1.82) is 0 Å². The van der Waals surface area contributed by atoms with E-state index in [1.807, 2.05) is 56.3 Å². The lowest BCUT2D eigenvalue weighted by Crippen LogP contribution is -2.18. The van der Waals surface area contributed by atoms with Crippen molar-refractivity contribution in [2.45, 2.75) is 20.4 Å². The van der Waals surface area contributed by atoms with Crippen molar-refractivity contribution in [2.75, 3.05) is 5.32 Å². The van der Waals surface area contributed by atoms with Crippen molar-refractivity contribution in [3.63, 3.8) is 0 Å². The molecule has 0 fully saturated rings. The van der Waals surface area contributed by atoms with Gasteiger partial charge in [0, 0.05) is 22.8 Å². The summed E-state index contributed by atoms with van der Waals surface area (Å²) in [6.07, 6.45) is 3.19. The van der Waals surface area contributed by atoms with Gasteiger partial charge in [0.1, 0.15) is 6.54 Å². The zero-order chi connectivity index (χ0) is 19.7. The normalized spacial score (nSPS) is 10.9. The third-order valence-electron chi connectivity index (χ3n) is 4.88. The van der Waals surface area contributed by atoms with Crippen LogP contribution in [0, 0.1) is 13.8 Å². The van der Waals surface area contributed by atoms with Crippen LogP contribution < -0.4 is 5.32 Å². The molecular formula is C23H20N2O3. The van der Waals surface area contributed by atoms with Crippen LogP contribution in [0.4, 0.5) is 5.69 Å². The summed E-state index contributed by atoms with van der Waals surface area (Å²) >= 11 is 0. The van der Waals surface area contributed by atoms with Gasteiger partial charge in [-0.2, -0.15) is 0 Å². The van der Waals surface area contributed by atoms with Crippen molar-refractivity contribution in [3.8, 4) is 0 Å². The number of para-hydroxylation sites is 1. The fraction of sp³-hybridized carbons (Fsp3) is 0.130. The summed E-state index contributed by atoms with van der Waals surface area (Å²) in [6.45, 7) is 4.15. The highest BCUT2D eigenvalue weighted by Gasteiger charge is 2.19. The lowest BCUT2D eigenvalue weighted by Gasteiger charge is -2.09. The number of nitrogens with one attached hydrogen (secondary N) is 1. The number of rotatable bonds is 5. The average Bonchev–Trinajstić information content (AvgIpc) is 3.33. The third-order valence-corrected chi connectivity index (χ3v) is 4.88. The summed E-state index contributed by atoms with van der Waals surface area (Å²) in [5.74, 6) is -0.0713. The van der Waals surface area contributed by atoms with Gasteiger partial charge in [-0.05, 0) is 55.3 Å². The Balaban J connectivity index is 1.62. The molecule has 0 saturated heterocycles. The average molecular weight is 372 g/mol. The van der Waals surface area contributed by atoms with Crippen molar-refractivity contribution >= 4 is 28.3 Å². The minimum atomic E-state index is -0.200. The summed E-state index contributed by atoms with van der Waals surface area (Å²) in [7, 11) is 0. The van der Waals surface area contributed by atoms with E-state index in [2.05, 4.69) is 5.32 Å². The number of carbonyl (C=O) groups excluding carboxylic acids is 2. The molecule has 0 saturated carbocycles. The SMILES string of the molecule is Cc1ccc(NC(=O)Cn2cc(C(=O)c3ccco3)c3ccccc32)cc1C. The fourth-order valence-electron chi connectivity index (χ4n) is 3.27. The molecule has 2 heterocycles. The summed E-state index contributed by atoms with van der Waals surface area (Å²) < 4.78 is 7.04. The molecule has 0 aliphatic heterocycles. The number of hydrogen-bond donors (Lipinski definition) is 1. The maximum atomic E-state index is 12.8. The van der Waals surface area contributed by atoms with E-state index in [4.69, 9.17) is 4.42 Å². The molecule has 0 atom stereocenters. The molecule has 0 aliphatic carbocycles. The second-order valence-corrected chi connectivity index (χ2v) is 6.84. The third kappa shape index (κ3) is 3.34. The number of hydrogen-bond acceptors (Lipinski definition) is 3. The van der Waals surface area contributed by atoms with E-state index in [0.717, 1.165) is 22.2 Å². The van der Waals surface area contributed by atoms with Crippen LogP contribution in [0.15, 0.2) is 71.5 Å². The first-order valence-electron chi connectivity index (χ1n) is 9.06. The summed E-state index contributed by atoms with van der Waals surface area (Å²) in [5, 5.41) is 3.72. The number of aryl methyl sites for hydroxylation is 2. The maximum Gasteiger partial charge on any atom is 0.244 e. The molecule has 0 spiro atoms. The Labute approximate surface area is 162 Å². The van der Waals surface area contributed by atoms with Crippen LogP contribution in [0.2, 0.25) is 0 Å². The predicted molar refractivity (Wildman–Crippen MR) is 109 cm³/mol. The van der Waals surface area contributed by atoms with Crippen molar-refractivity contribution < 1.29 is 14.0 Å². The Bertz CT molecular complexity index is 1170. The molecule has 0 unspecified atom stereocenters. The zero-order valence-corrected chi connectivity index (χ0v) is 15.7. The van der Waals surface area contributed by atoms with Crippen LogP contribution in [-0.2, 0) is 11.3 Å². The number of fused-ring (bicyclic) bond motifs is 1. The van der Waals surface area contributed by atoms with Crippen molar-refractivity contribution in [2.24, 2.45) is 0 Å². The number of nitrogens with zero attached hydrogens (tertiary/aromatic N) is 1. The zero-order valence-electron chi connectivity index (χ0n) is 15.7. The van der Waals surface area contributed by atoms with Gasteiger partial charge in [-0.25, -0.2) is 0 Å². The van der Waals surface area contributed by atoms with Crippen LogP contribution in [0.5, 0.6) is 0 Å². The van der Waals surface area contributed by atoms with E-state index in [9.17, 15) is 9.59 Å². The van der Waals surface area contributed by atoms with Crippen LogP contribution in [0.3, 0.4) is 0 Å². The minimum Gasteiger partial charge on any atom is -0.461 e. The molecule has 140 valence electrons. The minimum absolute atomic E-state index is 0.110. The highest BCUT2D eigenvalue weighted by atomic mass is 16.3. The number of furan rings is 1. The van der Waals surface area contributed by atoms with Gasteiger partial charge in [-0.3, -0.25) is 9.59 Å². The lowest BCUT2D eigenvalue weighted by atomic mass is 10.1. The summed E-state index contributed by atoms with van der Waals surface area (Å²) in [5.41, 5.74) is 4.40. The van der Waals surface area contributed by atoms with Crippen molar-refractivity contribution in [1.82, 2.24) is 4.57 Å². The van der Waals surface area contributed by atoms with E-state index in [1.165, 1.54) is 11.8 Å². The molecule has 4 aromatic rings. The number of ketones is 1. The van der Waals surface area contributed by atoms with Crippen LogP contribution in [-0.4, -0.2) is 16.3 Å². The van der Waals surface area contributed by atoms with Gasteiger partial charge in [0.25, 0.3) is 0 Å². The van der Waals surface area contributed by atoms with E-state index < -0.39 is 0 Å². The Morgan fingerprint density at radius 2 is 1.82 bits per heavy atom. The maximum absolute atomic E-state index is 12.8. The Kier molecular flexibility index (Phi) is 4.57. The first-order chi connectivity index (χ1) is 13.5. The molecule has 0 bridgehead atoms. The van der Waals surface area contributed by atoms with Crippen molar-refractivity contribution in [3.05, 3.63) is 89.5 Å². The van der Waals surface area contributed by atoms with Gasteiger partial charge < -0.3 is 14.3 Å². The van der Waals surface area contributed by atoms with Crippen LogP contribution >= 0.6 is 0 Å². The van der Waals surface area contributed by atoms with E-state index >= 15 is 0 Å².